The molecule has 2 rings (SSSR count). The van der Waals surface area contributed by atoms with Gasteiger partial charge in [-0.1, -0.05) is 6.92 Å². The van der Waals surface area contributed by atoms with Gasteiger partial charge in [0.05, 0.1) is 42.2 Å². The van der Waals surface area contributed by atoms with Crippen molar-refractivity contribution in [2.24, 2.45) is 0 Å². The van der Waals surface area contributed by atoms with Crippen LogP contribution in [0.25, 0.3) is 0 Å². The van der Waals surface area contributed by atoms with Crippen LogP contribution in [0.2, 0.25) is 0 Å². The van der Waals surface area contributed by atoms with Crippen molar-refractivity contribution in [2.75, 3.05) is 6.54 Å². The van der Waals surface area contributed by atoms with Gasteiger partial charge in [-0.15, -0.1) is 0 Å². The molecular weight excluding hydrogens is 222 g/mol. The molecule has 16 heavy (non-hydrogen) atoms. The maximum Gasteiger partial charge on any atom is 0.0935 e. The summed E-state index contributed by atoms with van der Waals surface area (Å²) in [6, 6.07) is 2.22. The third kappa shape index (κ3) is 2.90. The zero-order valence-electron chi connectivity index (χ0n) is 9.22. The van der Waals surface area contributed by atoms with Crippen molar-refractivity contribution in [1.29, 1.82) is 0 Å². The van der Waals surface area contributed by atoms with E-state index in [0.717, 1.165) is 25.1 Å². The molecule has 0 radical (unpaired) electrons. The summed E-state index contributed by atoms with van der Waals surface area (Å²) in [4.78, 5) is 0. The van der Waals surface area contributed by atoms with Gasteiger partial charge in [-0.25, -0.2) is 0 Å². The fourth-order valence-corrected chi connectivity index (χ4v) is 2.04. The normalized spacial score (nSPS) is 12.8. The van der Waals surface area contributed by atoms with Crippen LogP contribution >= 0.6 is 11.7 Å². The predicted molar refractivity (Wildman–Crippen MR) is 63.4 cm³/mol. The Balaban J connectivity index is 2.03. The van der Waals surface area contributed by atoms with E-state index < -0.39 is 0 Å². The predicted octanol–water partition coefficient (Wildman–Crippen LogP) is 2.41. The Morgan fingerprint density at radius 2 is 2.50 bits per heavy atom. The summed E-state index contributed by atoms with van der Waals surface area (Å²) >= 11 is 1.25. The molecule has 0 amide bonds. The van der Waals surface area contributed by atoms with Crippen LogP contribution in [-0.2, 0) is 6.42 Å². The van der Waals surface area contributed by atoms with Crippen LogP contribution in [0, 0.1) is 0 Å². The number of nitrogens with zero attached hydrogens (tertiary/aromatic N) is 2. The molecule has 86 valence electrons. The van der Waals surface area contributed by atoms with Gasteiger partial charge in [0.25, 0.3) is 0 Å². The molecule has 1 atom stereocenters. The second-order valence-corrected chi connectivity index (χ2v) is 4.23. The van der Waals surface area contributed by atoms with Gasteiger partial charge in [-0.05, 0) is 31.0 Å². The SMILES string of the molecule is CCCNC(Cc1ccoc1)c1cnsn1. The van der Waals surface area contributed by atoms with Crippen LogP contribution in [0.1, 0.15) is 30.6 Å². The summed E-state index contributed by atoms with van der Waals surface area (Å²) in [7, 11) is 0. The van der Waals surface area contributed by atoms with Crippen LogP contribution in [0.4, 0.5) is 0 Å². The first kappa shape index (κ1) is 11.3. The van der Waals surface area contributed by atoms with Gasteiger partial charge in [0.2, 0.25) is 0 Å². The van der Waals surface area contributed by atoms with Gasteiger partial charge in [-0.3, -0.25) is 0 Å². The minimum atomic E-state index is 0.233. The molecule has 4 nitrogen and oxygen atoms in total. The highest BCUT2D eigenvalue weighted by atomic mass is 32.1. The lowest BCUT2D eigenvalue weighted by Crippen LogP contribution is -2.24. The maximum absolute atomic E-state index is 5.08. The lowest BCUT2D eigenvalue weighted by Gasteiger charge is -2.14. The lowest BCUT2D eigenvalue weighted by atomic mass is 10.1. The van der Waals surface area contributed by atoms with Crippen LogP contribution in [0.15, 0.2) is 29.2 Å². The van der Waals surface area contributed by atoms with Gasteiger partial charge in [0.15, 0.2) is 0 Å². The van der Waals surface area contributed by atoms with E-state index in [1.54, 1.807) is 12.5 Å². The third-order valence-corrected chi connectivity index (χ3v) is 2.89. The van der Waals surface area contributed by atoms with E-state index in [1.165, 1.54) is 17.3 Å². The van der Waals surface area contributed by atoms with Gasteiger partial charge in [-0.2, -0.15) is 8.75 Å². The molecule has 5 heteroatoms. The molecular formula is C11H15N3OS. The Kier molecular flexibility index (Phi) is 4.07. The number of furan rings is 1. The van der Waals surface area contributed by atoms with Crippen LogP contribution in [0.5, 0.6) is 0 Å². The minimum absolute atomic E-state index is 0.233. The fourth-order valence-electron chi connectivity index (χ4n) is 1.57. The highest BCUT2D eigenvalue weighted by Gasteiger charge is 2.14. The zero-order valence-corrected chi connectivity index (χ0v) is 10.0. The molecule has 0 bridgehead atoms. The molecule has 0 saturated heterocycles. The largest absolute Gasteiger partial charge is 0.472 e. The average molecular weight is 237 g/mol. The van der Waals surface area contributed by atoms with E-state index in [-0.39, 0.29) is 6.04 Å². The summed E-state index contributed by atoms with van der Waals surface area (Å²) in [6.45, 7) is 3.14. The summed E-state index contributed by atoms with van der Waals surface area (Å²) in [5.41, 5.74) is 2.20. The van der Waals surface area contributed by atoms with Crippen molar-refractivity contribution in [3.05, 3.63) is 36.0 Å². The topological polar surface area (TPSA) is 51.0 Å². The van der Waals surface area contributed by atoms with Crippen LogP contribution in [0.3, 0.4) is 0 Å². The standard InChI is InChI=1S/C11H15N3OS/c1-2-4-12-10(11-7-13-16-14-11)6-9-3-5-15-8-9/h3,5,7-8,10,12H,2,4,6H2,1H3. The molecule has 2 aromatic heterocycles. The zero-order chi connectivity index (χ0) is 11.2. The van der Waals surface area contributed by atoms with E-state index in [4.69, 9.17) is 4.42 Å². The smallest absolute Gasteiger partial charge is 0.0935 e. The Labute approximate surface area is 99.0 Å². The maximum atomic E-state index is 5.08. The Bertz CT molecular complexity index is 385. The third-order valence-electron chi connectivity index (χ3n) is 2.40. The number of aromatic nitrogens is 2. The van der Waals surface area contributed by atoms with E-state index in [0.29, 0.717) is 0 Å². The van der Waals surface area contributed by atoms with E-state index in [2.05, 4.69) is 21.0 Å². The Morgan fingerprint density at radius 3 is 3.12 bits per heavy atom. The van der Waals surface area contributed by atoms with Gasteiger partial charge in [0, 0.05) is 0 Å². The molecule has 0 aliphatic heterocycles. The first-order chi connectivity index (χ1) is 7.90. The second kappa shape index (κ2) is 5.77. The summed E-state index contributed by atoms with van der Waals surface area (Å²) in [6.07, 6.45) is 7.31. The molecule has 2 aromatic rings. The van der Waals surface area contributed by atoms with E-state index in [1.807, 2.05) is 12.3 Å². The average Bonchev–Trinajstić information content (AvgIpc) is 2.96. The minimum Gasteiger partial charge on any atom is -0.472 e. The van der Waals surface area contributed by atoms with Crippen molar-refractivity contribution in [1.82, 2.24) is 14.1 Å². The van der Waals surface area contributed by atoms with Crippen LogP contribution < -0.4 is 5.32 Å². The molecule has 0 aliphatic carbocycles. The Hall–Kier alpha value is -1.20. The van der Waals surface area contributed by atoms with Crippen LogP contribution in [-0.4, -0.2) is 15.3 Å². The number of rotatable bonds is 6. The van der Waals surface area contributed by atoms with Gasteiger partial charge < -0.3 is 9.73 Å². The summed E-state index contributed by atoms with van der Waals surface area (Å²) in [5, 5.41) is 3.47. The van der Waals surface area contributed by atoms with Gasteiger partial charge >= 0.3 is 0 Å². The molecule has 0 saturated carbocycles. The lowest BCUT2D eigenvalue weighted by molar-refractivity contribution is 0.513. The summed E-state index contributed by atoms with van der Waals surface area (Å²) in [5.74, 6) is 0. The molecule has 0 aromatic carbocycles. The number of hydrogen-bond donors (Lipinski definition) is 1. The molecule has 2 heterocycles. The first-order valence-corrected chi connectivity index (χ1v) is 6.15. The van der Waals surface area contributed by atoms with Crippen molar-refractivity contribution < 1.29 is 4.42 Å². The van der Waals surface area contributed by atoms with E-state index >= 15 is 0 Å². The quantitative estimate of drug-likeness (QED) is 0.838. The van der Waals surface area contributed by atoms with Gasteiger partial charge in [0.1, 0.15) is 0 Å². The molecule has 1 unspecified atom stereocenters. The number of nitrogens with one attached hydrogen (secondary N) is 1. The molecule has 0 fully saturated rings. The summed E-state index contributed by atoms with van der Waals surface area (Å²) < 4.78 is 13.4. The highest BCUT2D eigenvalue weighted by molar-refractivity contribution is 6.99. The van der Waals surface area contributed by atoms with Crippen molar-refractivity contribution in [3.63, 3.8) is 0 Å². The Morgan fingerprint density at radius 1 is 1.56 bits per heavy atom. The second-order valence-electron chi connectivity index (χ2n) is 3.67. The monoisotopic (exact) mass is 237 g/mol. The number of hydrogen-bond acceptors (Lipinski definition) is 5. The van der Waals surface area contributed by atoms with Crippen molar-refractivity contribution in [2.45, 2.75) is 25.8 Å². The van der Waals surface area contributed by atoms with Crippen molar-refractivity contribution >= 4 is 11.7 Å². The molecule has 1 N–H and O–H groups in total. The first-order valence-electron chi connectivity index (χ1n) is 5.42. The molecule has 0 spiro atoms. The highest BCUT2D eigenvalue weighted by Crippen LogP contribution is 2.17. The van der Waals surface area contributed by atoms with Crippen molar-refractivity contribution in [3.8, 4) is 0 Å². The van der Waals surface area contributed by atoms with E-state index in [9.17, 15) is 0 Å². The fraction of sp³-hybridized carbons (Fsp3) is 0.455. The molecule has 0 aliphatic rings.